The molecule has 0 unspecified atom stereocenters. The summed E-state index contributed by atoms with van der Waals surface area (Å²) in [5.41, 5.74) is 0. The topological polar surface area (TPSA) is 79.9 Å². The predicted octanol–water partition coefficient (Wildman–Crippen LogP) is 0.872. The second-order valence-electron chi connectivity index (χ2n) is 3.42. The lowest BCUT2D eigenvalue weighted by Crippen LogP contribution is -2.27. The number of aromatic amines is 1. The highest BCUT2D eigenvalue weighted by Crippen LogP contribution is 1.92. The van der Waals surface area contributed by atoms with Gasteiger partial charge >= 0.3 is 6.09 Å². The molecule has 0 aliphatic rings. The number of amides is 1. The van der Waals surface area contributed by atoms with E-state index in [9.17, 15) is 4.79 Å². The molecule has 1 amide bonds. The smallest absolute Gasteiger partial charge is 0.407 e. The van der Waals surface area contributed by atoms with Crippen molar-refractivity contribution in [2.45, 2.75) is 32.8 Å². The number of H-pyrrole nitrogens is 1. The highest BCUT2D eigenvalue weighted by molar-refractivity contribution is 5.67. The third-order valence-electron chi connectivity index (χ3n) is 1.67. The lowest BCUT2D eigenvalue weighted by atomic mass is 10.3. The number of nitrogens with zero attached hydrogens (tertiary/aromatic N) is 2. The number of rotatable bonds is 5. The Balaban J connectivity index is 2.04. The van der Waals surface area contributed by atoms with Crippen LogP contribution in [0, 0.1) is 0 Å². The van der Waals surface area contributed by atoms with E-state index < -0.39 is 0 Å². The van der Waals surface area contributed by atoms with Crippen molar-refractivity contribution < 1.29 is 9.53 Å². The van der Waals surface area contributed by atoms with Crippen molar-refractivity contribution >= 4 is 6.09 Å². The Morgan fingerprint density at radius 1 is 1.67 bits per heavy atom. The average molecular weight is 212 g/mol. The molecule has 15 heavy (non-hydrogen) atoms. The summed E-state index contributed by atoms with van der Waals surface area (Å²) in [4.78, 5) is 15.0. The van der Waals surface area contributed by atoms with E-state index in [1.54, 1.807) is 0 Å². The maximum Gasteiger partial charge on any atom is 0.407 e. The quantitative estimate of drug-likeness (QED) is 0.710. The second kappa shape index (κ2) is 6.00. The Morgan fingerprint density at radius 3 is 3.07 bits per heavy atom. The van der Waals surface area contributed by atoms with Crippen LogP contribution in [0.15, 0.2) is 6.33 Å². The number of carbonyl (C=O) groups is 1. The lowest BCUT2D eigenvalue weighted by molar-refractivity contribution is 0.115. The predicted molar refractivity (Wildman–Crippen MR) is 54.3 cm³/mol. The van der Waals surface area contributed by atoms with Crippen LogP contribution in [0.2, 0.25) is 0 Å². The van der Waals surface area contributed by atoms with Gasteiger partial charge in [-0.15, -0.1) is 0 Å². The Morgan fingerprint density at radius 2 is 2.47 bits per heavy atom. The van der Waals surface area contributed by atoms with Crippen LogP contribution in [0.3, 0.4) is 0 Å². The third kappa shape index (κ3) is 4.99. The number of hydrogen-bond donors (Lipinski definition) is 2. The molecule has 0 saturated heterocycles. The zero-order valence-electron chi connectivity index (χ0n) is 8.99. The molecule has 0 atom stereocenters. The van der Waals surface area contributed by atoms with Crippen molar-refractivity contribution in [2.24, 2.45) is 0 Å². The van der Waals surface area contributed by atoms with Crippen molar-refractivity contribution in [3.05, 3.63) is 12.2 Å². The first-order chi connectivity index (χ1) is 7.18. The molecule has 0 bridgehead atoms. The van der Waals surface area contributed by atoms with E-state index in [2.05, 4.69) is 20.5 Å². The zero-order chi connectivity index (χ0) is 11.1. The van der Waals surface area contributed by atoms with Crippen molar-refractivity contribution in [2.75, 3.05) is 6.54 Å². The number of aryl methyl sites for hydroxylation is 1. The van der Waals surface area contributed by atoms with E-state index in [-0.39, 0.29) is 12.2 Å². The summed E-state index contributed by atoms with van der Waals surface area (Å²) in [5.74, 6) is 0.828. The van der Waals surface area contributed by atoms with Gasteiger partial charge in [-0.1, -0.05) is 0 Å². The minimum absolute atomic E-state index is 0.0840. The minimum atomic E-state index is -0.373. The Labute approximate surface area is 88.4 Å². The number of ether oxygens (including phenoxy) is 1. The van der Waals surface area contributed by atoms with Crippen molar-refractivity contribution in [1.29, 1.82) is 0 Å². The summed E-state index contributed by atoms with van der Waals surface area (Å²) < 4.78 is 4.90. The first-order valence-electron chi connectivity index (χ1n) is 4.97. The molecule has 1 heterocycles. The molecular formula is C9H16N4O2. The van der Waals surface area contributed by atoms with Gasteiger partial charge in [0, 0.05) is 13.0 Å². The summed E-state index contributed by atoms with van der Waals surface area (Å²) >= 11 is 0. The van der Waals surface area contributed by atoms with Crippen LogP contribution < -0.4 is 5.32 Å². The summed E-state index contributed by atoms with van der Waals surface area (Å²) in [6.45, 7) is 4.20. The van der Waals surface area contributed by atoms with Crippen molar-refractivity contribution in [3.8, 4) is 0 Å². The first kappa shape index (κ1) is 11.5. The lowest BCUT2D eigenvalue weighted by Gasteiger charge is -2.08. The van der Waals surface area contributed by atoms with Gasteiger partial charge in [-0.3, -0.25) is 5.10 Å². The Hall–Kier alpha value is -1.59. The fourth-order valence-electron chi connectivity index (χ4n) is 1.05. The molecule has 0 fully saturated rings. The summed E-state index contributed by atoms with van der Waals surface area (Å²) in [6.07, 6.45) is 2.59. The van der Waals surface area contributed by atoms with Crippen molar-refractivity contribution in [3.63, 3.8) is 0 Å². The molecule has 1 aromatic heterocycles. The monoisotopic (exact) mass is 212 g/mol. The van der Waals surface area contributed by atoms with Crippen LogP contribution in [-0.2, 0) is 11.2 Å². The molecule has 84 valence electrons. The number of carbonyl (C=O) groups excluding carboxylic acids is 1. The molecular weight excluding hydrogens is 196 g/mol. The maximum absolute atomic E-state index is 11.0. The van der Waals surface area contributed by atoms with E-state index in [4.69, 9.17) is 4.74 Å². The molecule has 0 aromatic carbocycles. The van der Waals surface area contributed by atoms with E-state index >= 15 is 0 Å². The number of nitrogens with one attached hydrogen (secondary N) is 2. The van der Waals surface area contributed by atoms with E-state index in [1.165, 1.54) is 6.33 Å². The van der Waals surface area contributed by atoms with Gasteiger partial charge in [0.1, 0.15) is 12.2 Å². The van der Waals surface area contributed by atoms with Gasteiger partial charge < -0.3 is 10.1 Å². The molecule has 1 rings (SSSR count). The van der Waals surface area contributed by atoms with Crippen LogP contribution in [0.4, 0.5) is 4.79 Å². The van der Waals surface area contributed by atoms with E-state index in [1.807, 2.05) is 13.8 Å². The van der Waals surface area contributed by atoms with Crippen LogP contribution >= 0.6 is 0 Å². The molecule has 0 aliphatic carbocycles. The van der Waals surface area contributed by atoms with Gasteiger partial charge in [-0.25, -0.2) is 9.78 Å². The van der Waals surface area contributed by atoms with Crippen LogP contribution in [0.1, 0.15) is 26.1 Å². The molecule has 0 aliphatic heterocycles. The average Bonchev–Trinajstić information content (AvgIpc) is 2.63. The molecule has 0 radical (unpaired) electrons. The normalized spacial score (nSPS) is 10.3. The fraction of sp³-hybridized carbons (Fsp3) is 0.667. The molecule has 0 spiro atoms. The fourth-order valence-corrected chi connectivity index (χ4v) is 1.05. The third-order valence-corrected chi connectivity index (χ3v) is 1.67. The summed E-state index contributed by atoms with van der Waals surface area (Å²) in [5, 5.41) is 9.13. The Kier molecular flexibility index (Phi) is 4.59. The highest BCUT2D eigenvalue weighted by Gasteiger charge is 2.03. The largest absolute Gasteiger partial charge is 0.447 e. The van der Waals surface area contributed by atoms with E-state index in [0.717, 1.165) is 18.7 Å². The van der Waals surface area contributed by atoms with Gasteiger partial charge in [0.25, 0.3) is 0 Å². The molecule has 1 aromatic rings. The molecule has 6 nitrogen and oxygen atoms in total. The summed E-state index contributed by atoms with van der Waals surface area (Å²) in [6, 6.07) is 0. The summed E-state index contributed by atoms with van der Waals surface area (Å²) in [7, 11) is 0. The number of aromatic nitrogens is 3. The minimum Gasteiger partial charge on any atom is -0.447 e. The van der Waals surface area contributed by atoms with Crippen LogP contribution in [0.5, 0.6) is 0 Å². The molecule has 6 heteroatoms. The van der Waals surface area contributed by atoms with Crippen LogP contribution in [0.25, 0.3) is 0 Å². The Bertz CT molecular complexity index is 284. The van der Waals surface area contributed by atoms with Gasteiger partial charge in [0.15, 0.2) is 0 Å². The first-order valence-corrected chi connectivity index (χ1v) is 4.97. The van der Waals surface area contributed by atoms with E-state index in [0.29, 0.717) is 6.54 Å². The SMILES string of the molecule is CC(C)OC(=O)NCCCc1ncn[nH]1. The number of hydrogen-bond acceptors (Lipinski definition) is 4. The van der Waals surface area contributed by atoms with Gasteiger partial charge in [0.2, 0.25) is 0 Å². The van der Waals surface area contributed by atoms with Gasteiger partial charge in [-0.2, -0.15) is 5.10 Å². The standard InChI is InChI=1S/C9H16N4O2/c1-7(2)15-9(14)10-5-3-4-8-11-6-12-13-8/h6-7H,3-5H2,1-2H3,(H,10,14)(H,11,12,13). The van der Waals surface area contributed by atoms with Crippen LogP contribution in [-0.4, -0.2) is 33.9 Å². The molecule has 0 saturated carbocycles. The van der Waals surface area contributed by atoms with Gasteiger partial charge in [-0.05, 0) is 20.3 Å². The van der Waals surface area contributed by atoms with Gasteiger partial charge in [0.05, 0.1) is 6.10 Å². The molecule has 2 N–H and O–H groups in total. The zero-order valence-corrected chi connectivity index (χ0v) is 8.99. The highest BCUT2D eigenvalue weighted by atomic mass is 16.6. The number of alkyl carbamates (subject to hydrolysis) is 1. The van der Waals surface area contributed by atoms with Crippen molar-refractivity contribution in [1.82, 2.24) is 20.5 Å². The maximum atomic E-state index is 11.0. The second-order valence-corrected chi connectivity index (χ2v) is 3.42.